The second-order valence-electron chi connectivity index (χ2n) is 10.1. The quantitative estimate of drug-likeness (QED) is 0.201. The van der Waals surface area contributed by atoms with E-state index in [0.29, 0.717) is 6.42 Å². The van der Waals surface area contributed by atoms with Crippen molar-refractivity contribution in [3.63, 3.8) is 0 Å². The van der Waals surface area contributed by atoms with Gasteiger partial charge in [0, 0.05) is 35.6 Å². The number of nitrogens with one attached hydrogen (secondary N) is 1. The lowest BCUT2D eigenvalue weighted by molar-refractivity contribution is -0.385. The lowest BCUT2D eigenvalue weighted by atomic mass is 9.94. The highest BCUT2D eigenvalue weighted by Gasteiger charge is 2.32. The van der Waals surface area contributed by atoms with E-state index in [9.17, 15) is 19.7 Å². The number of amides is 2. The summed E-state index contributed by atoms with van der Waals surface area (Å²) in [6.45, 7) is -0.159. The van der Waals surface area contributed by atoms with Gasteiger partial charge in [0.25, 0.3) is 5.91 Å². The lowest BCUT2D eigenvalue weighted by Crippen LogP contribution is -2.53. The number of carbonyl (C=O) groups excluding carboxylic acids is 2. The summed E-state index contributed by atoms with van der Waals surface area (Å²) in [6.07, 6.45) is 5.50. The first-order valence-corrected chi connectivity index (χ1v) is 14.5. The Morgan fingerprint density at radius 1 is 1.02 bits per heavy atom. The van der Waals surface area contributed by atoms with Gasteiger partial charge >= 0.3 is 5.69 Å². The molecule has 1 unspecified atom stereocenters. The van der Waals surface area contributed by atoms with Crippen molar-refractivity contribution in [1.29, 1.82) is 0 Å². The Bertz CT molecular complexity index is 1330. The number of nitro groups is 1. The maximum absolute atomic E-state index is 13.8. The highest BCUT2D eigenvalue weighted by atomic mass is 79.9. The predicted molar refractivity (Wildman–Crippen MR) is 159 cm³/mol. The second-order valence-corrected chi connectivity index (χ2v) is 11.0. The Labute approximate surface area is 248 Å². The summed E-state index contributed by atoms with van der Waals surface area (Å²) in [5, 5.41) is 14.5. The molecule has 10 heteroatoms. The first-order chi connectivity index (χ1) is 19.8. The van der Waals surface area contributed by atoms with Crippen LogP contribution in [0, 0.1) is 10.1 Å². The molecule has 0 aliphatic heterocycles. The zero-order valence-corrected chi connectivity index (χ0v) is 24.5. The number of nitrogens with zero attached hydrogens (tertiary/aromatic N) is 2. The van der Waals surface area contributed by atoms with Gasteiger partial charge in [-0.3, -0.25) is 19.7 Å². The Morgan fingerprint density at radius 2 is 1.73 bits per heavy atom. The molecule has 3 aromatic carbocycles. The zero-order chi connectivity index (χ0) is 29.2. The Balaban J connectivity index is 1.61. The van der Waals surface area contributed by atoms with Gasteiger partial charge in [-0.1, -0.05) is 77.7 Å². The van der Waals surface area contributed by atoms with Crippen LogP contribution in [0.1, 0.15) is 43.2 Å². The van der Waals surface area contributed by atoms with Crippen LogP contribution in [0.2, 0.25) is 0 Å². The van der Waals surface area contributed by atoms with E-state index in [1.807, 2.05) is 54.6 Å². The summed E-state index contributed by atoms with van der Waals surface area (Å²) >= 11 is 3.45. The van der Waals surface area contributed by atoms with Gasteiger partial charge in [-0.05, 0) is 42.2 Å². The molecule has 1 atom stereocenters. The molecule has 3 aromatic rings. The molecule has 2 amide bonds. The zero-order valence-electron chi connectivity index (χ0n) is 23.0. The highest BCUT2D eigenvalue weighted by Crippen LogP contribution is 2.31. The van der Waals surface area contributed by atoms with Gasteiger partial charge in [0.15, 0.2) is 6.61 Å². The molecule has 41 heavy (non-hydrogen) atoms. The molecule has 1 fully saturated rings. The fourth-order valence-corrected chi connectivity index (χ4v) is 5.28. The number of nitro benzene ring substituents is 1. The van der Waals surface area contributed by atoms with Crippen LogP contribution >= 0.6 is 15.9 Å². The maximum atomic E-state index is 13.8. The van der Waals surface area contributed by atoms with Crippen LogP contribution in [-0.4, -0.2) is 47.4 Å². The highest BCUT2D eigenvalue weighted by molar-refractivity contribution is 9.10. The van der Waals surface area contributed by atoms with E-state index < -0.39 is 11.0 Å². The van der Waals surface area contributed by atoms with Gasteiger partial charge in [-0.25, -0.2) is 0 Å². The fraction of sp³-hybridized carbons (Fsp3) is 0.355. The number of methoxy groups -OCH3 is 1. The van der Waals surface area contributed by atoms with Crippen molar-refractivity contribution in [3.05, 3.63) is 98.5 Å². The van der Waals surface area contributed by atoms with Crippen LogP contribution in [0.4, 0.5) is 5.69 Å². The third-order valence-electron chi connectivity index (χ3n) is 7.20. The van der Waals surface area contributed by atoms with Gasteiger partial charge < -0.3 is 19.7 Å². The molecule has 0 aromatic heterocycles. The molecule has 0 heterocycles. The maximum Gasteiger partial charge on any atom is 0.311 e. The van der Waals surface area contributed by atoms with E-state index in [1.54, 1.807) is 4.90 Å². The predicted octanol–water partition coefficient (Wildman–Crippen LogP) is 5.83. The standard InChI is InChI=1S/C31H34BrN3O6/c1-40-29-19-26(16-17-27(29)35(38)39)41-21-30(36)34(20-23-12-14-24(32)15-13-23)28(18-22-8-4-2-5-9-22)31(37)33-25-10-6-3-7-11-25/h2,4-5,8-9,12-17,19,25,28H,3,6-7,10-11,18,20-21H2,1H3,(H,33,37). The SMILES string of the molecule is COc1cc(OCC(=O)N(Cc2ccc(Br)cc2)C(Cc2ccccc2)C(=O)NC2CCCCC2)ccc1[N+](=O)[O-]. The number of hydrogen-bond donors (Lipinski definition) is 1. The van der Waals surface area contributed by atoms with Crippen molar-refractivity contribution >= 4 is 33.4 Å². The number of benzene rings is 3. The van der Waals surface area contributed by atoms with Crippen molar-refractivity contribution in [1.82, 2.24) is 10.2 Å². The first-order valence-electron chi connectivity index (χ1n) is 13.7. The Kier molecular flexibility index (Phi) is 10.7. The van der Waals surface area contributed by atoms with Gasteiger partial charge in [-0.15, -0.1) is 0 Å². The summed E-state index contributed by atoms with van der Waals surface area (Å²) in [6, 6.07) is 20.6. The van der Waals surface area contributed by atoms with Gasteiger partial charge in [-0.2, -0.15) is 0 Å². The van der Waals surface area contributed by atoms with Crippen LogP contribution in [0.3, 0.4) is 0 Å². The molecular formula is C31H34BrN3O6. The molecule has 1 aliphatic carbocycles. The van der Waals surface area contributed by atoms with Crippen molar-refractivity contribution in [2.24, 2.45) is 0 Å². The summed E-state index contributed by atoms with van der Waals surface area (Å²) in [5.41, 5.74) is 1.60. The molecule has 216 valence electrons. The number of hydrogen-bond acceptors (Lipinski definition) is 6. The van der Waals surface area contributed by atoms with Crippen molar-refractivity contribution in [3.8, 4) is 11.5 Å². The third-order valence-corrected chi connectivity index (χ3v) is 7.73. The molecule has 0 radical (unpaired) electrons. The van der Waals surface area contributed by atoms with Crippen LogP contribution in [-0.2, 0) is 22.6 Å². The van der Waals surface area contributed by atoms with Gasteiger partial charge in [0.05, 0.1) is 12.0 Å². The summed E-state index contributed by atoms with van der Waals surface area (Å²) < 4.78 is 11.8. The van der Waals surface area contributed by atoms with Gasteiger partial charge in [0.1, 0.15) is 11.8 Å². The summed E-state index contributed by atoms with van der Waals surface area (Å²) in [7, 11) is 1.33. The van der Waals surface area contributed by atoms with Crippen molar-refractivity contribution in [2.45, 2.75) is 57.2 Å². The van der Waals surface area contributed by atoms with E-state index in [-0.39, 0.29) is 48.2 Å². The van der Waals surface area contributed by atoms with E-state index in [4.69, 9.17) is 9.47 Å². The molecule has 0 saturated heterocycles. The van der Waals surface area contributed by atoms with Gasteiger partial charge in [0.2, 0.25) is 11.7 Å². The Hall–Kier alpha value is -3.92. The lowest BCUT2D eigenvalue weighted by Gasteiger charge is -2.33. The minimum absolute atomic E-state index is 0.0282. The minimum Gasteiger partial charge on any atom is -0.490 e. The second kappa shape index (κ2) is 14.6. The number of carbonyl (C=O) groups is 2. The summed E-state index contributed by atoms with van der Waals surface area (Å²) in [4.78, 5) is 39.9. The summed E-state index contributed by atoms with van der Waals surface area (Å²) in [5.74, 6) is -0.302. The Morgan fingerprint density at radius 3 is 2.39 bits per heavy atom. The van der Waals surface area contributed by atoms with Crippen molar-refractivity contribution in [2.75, 3.05) is 13.7 Å². The topological polar surface area (TPSA) is 111 Å². The molecule has 0 spiro atoms. The van der Waals surface area contributed by atoms with E-state index in [1.165, 1.54) is 31.7 Å². The average molecular weight is 625 g/mol. The minimum atomic E-state index is -0.773. The third kappa shape index (κ3) is 8.53. The monoisotopic (exact) mass is 623 g/mol. The number of halogens is 1. The van der Waals surface area contributed by atoms with Crippen LogP contribution in [0.25, 0.3) is 0 Å². The van der Waals surface area contributed by atoms with Crippen molar-refractivity contribution < 1.29 is 24.0 Å². The molecule has 1 aliphatic rings. The smallest absolute Gasteiger partial charge is 0.311 e. The molecule has 1 N–H and O–H groups in total. The number of ether oxygens (including phenoxy) is 2. The van der Waals surface area contributed by atoms with E-state index >= 15 is 0 Å². The molecule has 0 bridgehead atoms. The van der Waals surface area contributed by atoms with Crippen LogP contribution in [0.15, 0.2) is 77.3 Å². The molecule has 4 rings (SSSR count). The number of rotatable bonds is 12. The fourth-order valence-electron chi connectivity index (χ4n) is 5.01. The molecule has 1 saturated carbocycles. The molecule has 9 nitrogen and oxygen atoms in total. The first kappa shape index (κ1) is 30.0. The van der Waals surface area contributed by atoms with E-state index in [0.717, 1.165) is 41.3 Å². The van der Waals surface area contributed by atoms with Crippen LogP contribution < -0.4 is 14.8 Å². The average Bonchev–Trinajstić information content (AvgIpc) is 2.99. The van der Waals surface area contributed by atoms with E-state index in [2.05, 4.69) is 21.2 Å². The largest absolute Gasteiger partial charge is 0.490 e. The molecular weight excluding hydrogens is 590 g/mol. The normalized spacial score (nSPS) is 14.1. The van der Waals surface area contributed by atoms with Crippen LogP contribution in [0.5, 0.6) is 11.5 Å².